The largest absolute Gasteiger partial charge is 0.492 e. The number of aromatic amines is 1. The number of methoxy groups -OCH3 is 1. The van der Waals surface area contributed by atoms with Gasteiger partial charge < -0.3 is 30.9 Å². The van der Waals surface area contributed by atoms with Gasteiger partial charge in [-0.25, -0.2) is 18.7 Å². The summed E-state index contributed by atoms with van der Waals surface area (Å²) in [7, 11) is -11.5. The Labute approximate surface area is 207 Å². The van der Waals surface area contributed by atoms with Crippen molar-refractivity contribution in [2.24, 2.45) is 5.73 Å². The summed E-state index contributed by atoms with van der Waals surface area (Å²) in [6, 6.07) is -1.26. The highest BCUT2D eigenvalue weighted by Gasteiger charge is 2.57. The van der Waals surface area contributed by atoms with Gasteiger partial charge in [0.05, 0.1) is 12.4 Å². The van der Waals surface area contributed by atoms with Crippen LogP contribution in [0.5, 0.6) is 0 Å². The normalized spacial score (nSPS) is 29.1. The highest BCUT2D eigenvalue weighted by molar-refractivity contribution is 7.67. The number of nitrogens with two attached hydrogens (primary N) is 2. The smallest absolute Gasteiger partial charge is 0.386 e. The van der Waals surface area contributed by atoms with Crippen molar-refractivity contribution in [2.75, 3.05) is 40.8 Å². The molecule has 210 valence electrons. The number of aliphatic hydroxyl groups is 1. The van der Waals surface area contributed by atoms with Crippen LogP contribution in [0.4, 0.5) is 5.95 Å². The van der Waals surface area contributed by atoms with E-state index in [4.69, 9.17) is 25.5 Å². The summed E-state index contributed by atoms with van der Waals surface area (Å²) in [5.74, 6) is -2.38. The lowest BCUT2D eigenvalue weighted by Gasteiger charge is -2.31. The molecule has 1 fully saturated rings. The summed E-state index contributed by atoms with van der Waals surface area (Å²) < 4.78 is 76.7. The van der Waals surface area contributed by atoms with Gasteiger partial charge in [-0.1, -0.05) is 0 Å². The van der Waals surface area contributed by atoms with E-state index >= 15 is 0 Å². The highest BCUT2D eigenvalue weighted by Crippen LogP contribution is 2.71. The number of nitrogens with zero attached hydrogens (tertiary/aromatic N) is 3. The van der Waals surface area contributed by atoms with Crippen LogP contribution in [0.3, 0.4) is 0 Å². The molecule has 37 heavy (non-hydrogen) atoms. The van der Waals surface area contributed by atoms with Crippen molar-refractivity contribution in [3.05, 3.63) is 16.7 Å². The molecule has 2 aromatic heterocycles. The van der Waals surface area contributed by atoms with Crippen LogP contribution in [0.1, 0.15) is 6.23 Å². The second-order valence-electron chi connectivity index (χ2n) is 7.17. The number of imidazole rings is 1. The van der Waals surface area contributed by atoms with Gasteiger partial charge in [-0.15, -0.1) is 0 Å². The maximum atomic E-state index is 13.0. The van der Waals surface area contributed by atoms with Gasteiger partial charge in [0.15, 0.2) is 17.4 Å². The predicted molar refractivity (Wildman–Crippen MR) is 121 cm³/mol. The summed E-state index contributed by atoms with van der Waals surface area (Å²) in [6.45, 7) is -0.937. The van der Waals surface area contributed by atoms with Crippen LogP contribution < -0.4 is 17.0 Å². The predicted octanol–water partition coefficient (Wildman–Crippen LogP) is -0.433. The van der Waals surface area contributed by atoms with Crippen molar-refractivity contribution in [3.63, 3.8) is 0 Å². The number of hydrogen-bond donors (Lipinski definition) is 5. The Balaban J connectivity index is 1.87. The Hall–Kier alpha value is -1.60. The first-order valence-corrected chi connectivity index (χ1v) is 14.3. The number of nitrogen functional groups attached to an aromatic ring is 1. The quantitative estimate of drug-likeness (QED) is 0.195. The number of aromatic nitrogens is 4. The number of fused-ring (bicyclic) bond motifs is 1. The van der Waals surface area contributed by atoms with E-state index < -0.39 is 59.8 Å². The molecule has 0 aliphatic carbocycles. The summed E-state index contributed by atoms with van der Waals surface area (Å²) >= 11 is 0. The fraction of sp³-hybridized carbons (Fsp3) is 0.643. The van der Waals surface area contributed by atoms with Crippen molar-refractivity contribution in [1.82, 2.24) is 19.5 Å². The van der Waals surface area contributed by atoms with E-state index in [1.165, 1.54) is 4.57 Å². The molecule has 0 radical (unpaired) electrons. The SMILES string of the molecule is CO[C@]1(COP(=O)(OC)OP(=O)(OC)OP(=O)(O)OC)O[C@@H](n2cnc3c(=O)[nH]c(N)nc32)[C@@H](N)[C@@H]1O. The zero-order valence-electron chi connectivity index (χ0n) is 19.6. The van der Waals surface area contributed by atoms with E-state index in [1.54, 1.807) is 0 Å². The van der Waals surface area contributed by atoms with Gasteiger partial charge in [0.25, 0.3) is 5.56 Å². The highest BCUT2D eigenvalue weighted by atomic mass is 31.3. The molecule has 0 saturated carbocycles. The minimum absolute atomic E-state index is 0.0302. The van der Waals surface area contributed by atoms with Crippen LogP contribution in [0, 0.1) is 0 Å². The lowest BCUT2D eigenvalue weighted by atomic mass is 10.1. The average Bonchev–Trinajstić information content (AvgIpc) is 3.37. The lowest BCUT2D eigenvalue weighted by molar-refractivity contribution is -0.267. The van der Waals surface area contributed by atoms with Crippen LogP contribution in [0.15, 0.2) is 11.1 Å². The van der Waals surface area contributed by atoms with Crippen molar-refractivity contribution in [3.8, 4) is 0 Å². The molecule has 7 N–H and O–H groups in total. The number of aliphatic hydroxyl groups excluding tert-OH is 1. The molecule has 20 nitrogen and oxygen atoms in total. The summed E-state index contributed by atoms with van der Waals surface area (Å²) in [4.78, 5) is 31.7. The number of H-pyrrole nitrogens is 1. The number of ether oxygens (including phenoxy) is 2. The van der Waals surface area contributed by atoms with Gasteiger partial charge in [0, 0.05) is 28.4 Å². The van der Waals surface area contributed by atoms with E-state index in [-0.39, 0.29) is 17.1 Å². The third-order valence-corrected chi connectivity index (χ3v) is 10.1. The van der Waals surface area contributed by atoms with Crippen LogP contribution in [0.2, 0.25) is 0 Å². The first-order valence-electron chi connectivity index (χ1n) is 9.84. The monoisotopic (exact) mass is 594 g/mol. The first kappa shape index (κ1) is 29.9. The van der Waals surface area contributed by atoms with Gasteiger partial charge in [-0.05, 0) is 0 Å². The third kappa shape index (κ3) is 6.03. The Kier molecular flexibility index (Phi) is 8.80. The maximum absolute atomic E-state index is 13.0. The van der Waals surface area contributed by atoms with E-state index in [1.807, 2.05) is 0 Å². The summed E-state index contributed by atoms with van der Waals surface area (Å²) in [5, 5.41) is 10.8. The van der Waals surface area contributed by atoms with Crippen LogP contribution in [-0.2, 0) is 49.9 Å². The minimum atomic E-state index is -5.07. The molecule has 0 spiro atoms. The van der Waals surface area contributed by atoms with Crippen LogP contribution in [-0.4, -0.2) is 82.5 Å². The van der Waals surface area contributed by atoms with Gasteiger partial charge in [-0.2, -0.15) is 13.6 Å². The minimum Gasteiger partial charge on any atom is -0.386 e. The van der Waals surface area contributed by atoms with Crippen molar-refractivity contribution < 1.29 is 59.9 Å². The molecule has 1 aliphatic rings. The fourth-order valence-electron chi connectivity index (χ4n) is 3.16. The van der Waals surface area contributed by atoms with Gasteiger partial charge in [0.1, 0.15) is 12.7 Å². The van der Waals surface area contributed by atoms with Gasteiger partial charge >= 0.3 is 23.5 Å². The Morgan fingerprint density at radius 1 is 1.16 bits per heavy atom. The second-order valence-corrected chi connectivity index (χ2v) is 12.6. The first-order chi connectivity index (χ1) is 17.2. The van der Waals surface area contributed by atoms with E-state index in [0.29, 0.717) is 0 Å². The van der Waals surface area contributed by atoms with Crippen LogP contribution in [0.25, 0.3) is 11.2 Å². The van der Waals surface area contributed by atoms with Gasteiger partial charge in [-0.3, -0.25) is 32.4 Å². The van der Waals surface area contributed by atoms with Crippen molar-refractivity contribution in [2.45, 2.75) is 24.2 Å². The zero-order valence-corrected chi connectivity index (χ0v) is 22.3. The average molecular weight is 594 g/mol. The Bertz CT molecular complexity index is 1330. The lowest BCUT2D eigenvalue weighted by Crippen LogP contribution is -2.50. The van der Waals surface area contributed by atoms with E-state index in [9.17, 15) is 28.5 Å². The second kappa shape index (κ2) is 10.9. The van der Waals surface area contributed by atoms with Crippen molar-refractivity contribution in [1.29, 1.82) is 0 Å². The molecule has 1 aliphatic heterocycles. The molecule has 3 heterocycles. The zero-order chi connectivity index (χ0) is 27.8. The summed E-state index contributed by atoms with van der Waals surface area (Å²) in [6.07, 6.45) is -1.79. The molecule has 3 rings (SSSR count). The Morgan fingerprint density at radius 3 is 2.38 bits per heavy atom. The third-order valence-electron chi connectivity index (χ3n) is 5.04. The number of rotatable bonds is 12. The standard InChI is InChI=1S/C14H25N6O14P3/c1-27-14(5-31-36(25,29-3)34-37(26,30-4)33-35(23,24)28-2)9(21)7(15)12(32-14)20-6-17-8-10(20)18-13(16)19-11(8)22/h6-7,9,12,21H,5,15H2,1-4H3,(H,23,24)(H3,16,18,19,22)/t7-,9-,12+,14+,36?,37?/m0/s1. The molecule has 0 bridgehead atoms. The molecule has 3 unspecified atom stereocenters. The molecule has 1 saturated heterocycles. The van der Waals surface area contributed by atoms with Crippen LogP contribution >= 0.6 is 23.5 Å². The number of phosphoric ester groups is 2. The molecule has 7 atom stereocenters. The number of anilines is 1. The van der Waals surface area contributed by atoms with E-state index in [0.717, 1.165) is 34.8 Å². The van der Waals surface area contributed by atoms with E-state index in [2.05, 4.69) is 37.1 Å². The number of hydrogen-bond acceptors (Lipinski definition) is 17. The number of nitrogens with one attached hydrogen (secondary N) is 1. The van der Waals surface area contributed by atoms with Crippen molar-refractivity contribution >= 4 is 40.6 Å². The Morgan fingerprint density at radius 2 is 1.81 bits per heavy atom. The molecular weight excluding hydrogens is 569 g/mol. The van der Waals surface area contributed by atoms with Gasteiger partial charge in [0.2, 0.25) is 11.7 Å². The maximum Gasteiger partial charge on any atom is 0.492 e. The molecule has 0 amide bonds. The fourth-order valence-corrected chi connectivity index (χ4v) is 7.24. The summed E-state index contributed by atoms with van der Waals surface area (Å²) in [5.41, 5.74) is 10.9. The number of phosphoric acid groups is 3. The topological polar surface area (TPSA) is 281 Å². The molecule has 23 heteroatoms. The molecule has 2 aromatic rings. The molecule has 0 aromatic carbocycles. The molecular formula is C14H25N6O14P3.